The molecule has 2 fully saturated rings. The van der Waals surface area contributed by atoms with E-state index in [1.807, 2.05) is 6.20 Å². The number of ether oxygens (including phenoxy) is 1. The quantitative estimate of drug-likeness (QED) is 0.813. The number of rotatable bonds is 5. The van der Waals surface area contributed by atoms with E-state index in [0.29, 0.717) is 39.4 Å². The molecule has 2 saturated heterocycles. The Balaban J connectivity index is 1.42. The normalized spacial score (nSPS) is 24.5. The molecule has 1 aromatic rings. The number of nitrogens with zero attached hydrogens (tertiary/aromatic N) is 3. The van der Waals surface area contributed by atoms with E-state index >= 15 is 0 Å². The van der Waals surface area contributed by atoms with E-state index in [2.05, 4.69) is 34.3 Å². The van der Waals surface area contributed by atoms with Gasteiger partial charge in [0, 0.05) is 44.8 Å². The van der Waals surface area contributed by atoms with Crippen molar-refractivity contribution in [1.82, 2.24) is 20.1 Å². The van der Waals surface area contributed by atoms with Gasteiger partial charge in [0.1, 0.15) is 0 Å². The fourth-order valence-electron chi connectivity index (χ4n) is 3.51. The molecule has 1 aromatic heterocycles. The van der Waals surface area contributed by atoms with Crippen molar-refractivity contribution in [2.75, 3.05) is 45.9 Å². The van der Waals surface area contributed by atoms with Crippen molar-refractivity contribution in [1.29, 1.82) is 0 Å². The van der Waals surface area contributed by atoms with Gasteiger partial charge < -0.3 is 20.1 Å². The fraction of sp³-hybridized carbons (Fsp3) is 0.684. The smallest absolute Gasteiger partial charge is 0.317 e. The summed E-state index contributed by atoms with van der Waals surface area (Å²) in [5.74, 6) is 0.103. The number of piperidine rings is 1. The van der Waals surface area contributed by atoms with Crippen LogP contribution in [0.1, 0.15) is 24.6 Å². The highest BCUT2D eigenvalue weighted by molar-refractivity contribution is 5.74. The molecule has 0 radical (unpaired) electrons. The lowest BCUT2D eigenvalue weighted by atomic mass is 9.93. The van der Waals surface area contributed by atoms with Gasteiger partial charge in [0.2, 0.25) is 0 Å². The predicted octanol–water partition coefficient (Wildman–Crippen LogP) is 0.869. The van der Waals surface area contributed by atoms with Crippen molar-refractivity contribution >= 4 is 6.03 Å². The molecule has 0 aromatic carbocycles. The summed E-state index contributed by atoms with van der Waals surface area (Å²) in [6.07, 6.45) is 3.37. The number of urea groups is 1. The first-order chi connectivity index (χ1) is 12.7. The zero-order valence-corrected chi connectivity index (χ0v) is 15.6. The summed E-state index contributed by atoms with van der Waals surface area (Å²) < 4.78 is 5.26. The molecule has 7 heteroatoms. The van der Waals surface area contributed by atoms with E-state index in [-0.39, 0.29) is 11.9 Å². The van der Waals surface area contributed by atoms with Gasteiger partial charge in [-0.15, -0.1) is 0 Å². The molecule has 7 nitrogen and oxygen atoms in total. The fourth-order valence-corrected chi connectivity index (χ4v) is 3.51. The average molecular weight is 362 g/mol. The Hall–Kier alpha value is -1.70. The molecule has 3 heterocycles. The minimum atomic E-state index is -0.427. The van der Waals surface area contributed by atoms with Crippen LogP contribution in [0, 0.1) is 5.92 Å². The van der Waals surface area contributed by atoms with Gasteiger partial charge in [-0.3, -0.25) is 9.88 Å². The molecule has 26 heavy (non-hydrogen) atoms. The standard InChI is InChI=1S/C19H30N4O3/c1-2-15-3-4-17(20-11-15)13-22-6-5-16(18(24)14-22)12-21-19(25)23-7-9-26-10-8-23/h3-4,11,16,18,24H,2,5-10,12-14H2,1H3,(H,21,25)/t16-,18+/m0/s1. The summed E-state index contributed by atoms with van der Waals surface area (Å²) in [5.41, 5.74) is 2.27. The van der Waals surface area contributed by atoms with Crippen LogP contribution >= 0.6 is 0 Å². The van der Waals surface area contributed by atoms with E-state index in [4.69, 9.17) is 4.74 Å². The molecular formula is C19H30N4O3. The van der Waals surface area contributed by atoms with Crippen molar-refractivity contribution in [2.24, 2.45) is 5.92 Å². The van der Waals surface area contributed by atoms with E-state index in [1.165, 1.54) is 5.56 Å². The molecule has 2 amide bonds. The number of morpholine rings is 1. The van der Waals surface area contributed by atoms with Gasteiger partial charge in [0.25, 0.3) is 0 Å². The molecule has 0 saturated carbocycles. The number of hydrogen-bond acceptors (Lipinski definition) is 5. The molecule has 2 aliphatic heterocycles. The van der Waals surface area contributed by atoms with Crippen LogP contribution in [0.4, 0.5) is 4.79 Å². The molecular weight excluding hydrogens is 332 g/mol. The summed E-state index contributed by atoms with van der Waals surface area (Å²) in [4.78, 5) is 20.7. The van der Waals surface area contributed by atoms with Crippen molar-refractivity contribution in [2.45, 2.75) is 32.4 Å². The Labute approximate surface area is 155 Å². The van der Waals surface area contributed by atoms with Crippen molar-refractivity contribution in [3.63, 3.8) is 0 Å². The Morgan fingerprint density at radius 2 is 2.15 bits per heavy atom. The van der Waals surface area contributed by atoms with E-state index < -0.39 is 6.10 Å². The number of nitrogens with one attached hydrogen (secondary N) is 1. The third-order valence-electron chi connectivity index (χ3n) is 5.30. The van der Waals surface area contributed by atoms with E-state index in [1.54, 1.807) is 4.90 Å². The minimum absolute atomic E-state index is 0.0526. The number of carbonyl (C=O) groups is 1. The maximum Gasteiger partial charge on any atom is 0.317 e. The van der Waals surface area contributed by atoms with Crippen LogP contribution in [0.3, 0.4) is 0 Å². The second-order valence-electron chi connectivity index (χ2n) is 7.15. The number of aryl methyl sites for hydroxylation is 1. The number of β-amino-alcohol motifs (C(OH)–C–C–N with tert-alkyl or cyclic N) is 1. The topological polar surface area (TPSA) is 77.9 Å². The number of aromatic nitrogens is 1. The molecule has 2 atom stereocenters. The Bertz CT molecular complexity index is 575. The summed E-state index contributed by atoms with van der Waals surface area (Å²) >= 11 is 0. The van der Waals surface area contributed by atoms with Gasteiger partial charge in [-0.2, -0.15) is 0 Å². The van der Waals surface area contributed by atoms with Gasteiger partial charge in [-0.05, 0) is 31.0 Å². The highest BCUT2D eigenvalue weighted by Crippen LogP contribution is 2.19. The minimum Gasteiger partial charge on any atom is -0.391 e. The van der Waals surface area contributed by atoms with Crippen LogP contribution in [0.25, 0.3) is 0 Å². The first kappa shape index (κ1) is 19.1. The number of hydrogen-bond donors (Lipinski definition) is 2. The van der Waals surface area contributed by atoms with E-state index in [9.17, 15) is 9.90 Å². The zero-order valence-electron chi connectivity index (χ0n) is 15.6. The third-order valence-corrected chi connectivity index (χ3v) is 5.30. The first-order valence-corrected chi connectivity index (χ1v) is 9.60. The molecule has 2 aliphatic rings. The molecule has 0 aliphatic carbocycles. The summed E-state index contributed by atoms with van der Waals surface area (Å²) in [5, 5.41) is 13.4. The van der Waals surface area contributed by atoms with Crippen LogP contribution in [0.5, 0.6) is 0 Å². The third kappa shape index (κ3) is 5.16. The largest absolute Gasteiger partial charge is 0.391 e. The first-order valence-electron chi connectivity index (χ1n) is 9.60. The average Bonchev–Trinajstić information content (AvgIpc) is 2.68. The predicted molar refractivity (Wildman–Crippen MR) is 98.8 cm³/mol. The van der Waals surface area contributed by atoms with Crippen LogP contribution in [0.2, 0.25) is 0 Å². The lowest BCUT2D eigenvalue weighted by molar-refractivity contribution is 0.0177. The number of pyridine rings is 1. The van der Waals surface area contributed by atoms with Gasteiger partial charge in [0.15, 0.2) is 0 Å². The highest BCUT2D eigenvalue weighted by Gasteiger charge is 2.28. The Morgan fingerprint density at radius 1 is 1.35 bits per heavy atom. The summed E-state index contributed by atoms with van der Waals surface area (Å²) in [6, 6.07) is 4.13. The second kappa shape index (κ2) is 9.30. The SMILES string of the molecule is CCc1ccc(CN2CC[C@@H](CNC(=O)N3CCOCC3)[C@H](O)C2)nc1. The molecule has 0 unspecified atom stereocenters. The number of aliphatic hydroxyl groups excluding tert-OH is 1. The number of aliphatic hydroxyl groups is 1. The maximum absolute atomic E-state index is 12.2. The molecule has 3 rings (SSSR count). The van der Waals surface area contributed by atoms with Crippen molar-refractivity contribution < 1.29 is 14.6 Å². The lowest BCUT2D eigenvalue weighted by Gasteiger charge is -2.36. The number of carbonyl (C=O) groups excluding carboxylic acids is 1. The number of amides is 2. The van der Waals surface area contributed by atoms with E-state index in [0.717, 1.165) is 31.6 Å². The molecule has 0 spiro atoms. The summed E-state index contributed by atoms with van der Waals surface area (Å²) in [6.45, 7) is 7.40. The van der Waals surface area contributed by atoms with Gasteiger partial charge in [-0.1, -0.05) is 13.0 Å². The van der Waals surface area contributed by atoms with Crippen molar-refractivity contribution in [3.05, 3.63) is 29.6 Å². The Kier molecular flexibility index (Phi) is 6.82. The van der Waals surface area contributed by atoms with Crippen LogP contribution in [0.15, 0.2) is 18.3 Å². The maximum atomic E-state index is 12.2. The van der Waals surface area contributed by atoms with Gasteiger partial charge >= 0.3 is 6.03 Å². The highest BCUT2D eigenvalue weighted by atomic mass is 16.5. The molecule has 0 bridgehead atoms. The van der Waals surface area contributed by atoms with Gasteiger partial charge in [0.05, 0.1) is 25.0 Å². The molecule has 144 valence electrons. The van der Waals surface area contributed by atoms with Gasteiger partial charge in [-0.25, -0.2) is 4.79 Å². The zero-order chi connectivity index (χ0) is 18.4. The molecule has 2 N–H and O–H groups in total. The van der Waals surface area contributed by atoms with Crippen LogP contribution in [-0.2, 0) is 17.7 Å². The number of likely N-dealkylation sites (tertiary alicyclic amines) is 1. The van der Waals surface area contributed by atoms with Crippen LogP contribution in [-0.4, -0.2) is 78.0 Å². The lowest BCUT2D eigenvalue weighted by Crippen LogP contribution is -2.51. The monoisotopic (exact) mass is 362 g/mol. The van der Waals surface area contributed by atoms with Crippen LogP contribution < -0.4 is 5.32 Å². The summed E-state index contributed by atoms with van der Waals surface area (Å²) in [7, 11) is 0. The van der Waals surface area contributed by atoms with Crippen molar-refractivity contribution in [3.8, 4) is 0 Å². The second-order valence-corrected chi connectivity index (χ2v) is 7.15. The Morgan fingerprint density at radius 3 is 2.81 bits per heavy atom.